The average molecular weight is 266 g/mol. The summed E-state index contributed by atoms with van der Waals surface area (Å²) in [5.74, 6) is 0.363. The lowest BCUT2D eigenvalue weighted by Crippen LogP contribution is -2.46. The first kappa shape index (κ1) is 14.4. The second-order valence-electron chi connectivity index (χ2n) is 5.46. The van der Waals surface area contributed by atoms with Gasteiger partial charge in [0.05, 0.1) is 6.10 Å². The molecule has 1 heterocycles. The van der Waals surface area contributed by atoms with Gasteiger partial charge in [-0.1, -0.05) is 19.1 Å². The fourth-order valence-corrected chi connectivity index (χ4v) is 2.69. The minimum Gasteiger partial charge on any atom is -0.380 e. The number of nitrogens with zero attached hydrogens (tertiary/aromatic N) is 1. The highest BCUT2D eigenvalue weighted by molar-refractivity contribution is 5.20. The normalized spacial score (nSPS) is 26.3. The van der Waals surface area contributed by atoms with Gasteiger partial charge in [-0.3, -0.25) is 4.90 Å². The summed E-state index contributed by atoms with van der Waals surface area (Å²) in [4.78, 5) is 2.31. The van der Waals surface area contributed by atoms with Crippen molar-refractivity contribution in [3.63, 3.8) is 0 Å². The Morgan fingerprint density at radius 3 is 3.00 bits per heavy atom. The van der Waals surface area contributed by atoms with Gasteiger partial charge in [-0.25, -0.2) is 4.39 Å². The lowest BCUT2D eigenvalue weighted by atomic mass is 9.95. The van der Waals surface area contributed by atoms with Crippen LogP contribution in [-0.2, 0) is 4.74 Å². The zero-order valence-electron chi connectivity index (χ0n) is 11.7. The third-order valence-electron chi connectivity index (χ3n) is 4.01. The monoisotopic (exact) mass is 266 g/mol. The Morgan fingerprint density at radius 2 is 2.32 bits per heavy atom. The summed E-state index contributed by atoms with van der Waals surface area (Å²) < 4.78 is 18.7. The molecule has 1 aliphatic rings. The van der Waals surface area contributed by atoms with E-state index in [-0.39, 0.29) is 18.0 Å². The van der Waals surface area contributed by atoms with E-state index in [0.717, 1.165) is 31.6 Å². The molecule has 0 aromatic heterocycles. The smallest absolute Gasteiger partial charge is 0.123 e. The molecule has 1 saturated heterocycles. The fraction of sp³-hybridized carbons (Fsp3) is 0.600. The molecule has 1 aromatic rings. The average Bonchev–Trinajstić information content (AvgIpc) is 2.41. The van der Waals surface area contributed by atoms with Gasteiger partial charge in [0.1, 0.15) is 5.82 Å². The molecule has 1 aliphatic heterocycles. The molecule has 3 atom stereocenters. The molecule has 2 rings (SSSR count). The summed E-state index contributed by atoms with van der Waals surface area (Å²) in [7, 11) is 1.76. The minimum atomic E-state index is -0.227. The SMILES string of the molecule is COC1CN(CC(N)c2cccc(F)c2)CCC1C. The van der Waals surface area contributed by atoms with E-state index in [1.807, 2.05) is 6.07 Å². The molecule has 3 unspecified atom stereocenters. The van der Waals surface area contributed by atoms with Crippen LogP contribution in [0.4, 0.5) is 4.39 Å². The van der Waals surface area contributed by atoms with E-state index in [4.69, 9.17) is 10.5 Å². The summed E-state index contributed by atoms with van der Waals surface area (Å²) in [5.41, 5.74) is 7.02. The van der Waals surface area contributed by atoms with Gasteiger partial charge in [0.2, 0.25) is 0 Å². The van der Waals surface area contributed by atoms with Gasteiger partial charge in [-0.2, -0.15) is 0 Å². The van der Waals surface area contributed by atoms with E-state index in [0.29, 0.717) is 5.92 Å². The van der Waals surface area contributed by atoms with Gasteiger partial charge in [-0.05, 0) is 36.6 Å². The van der Waals surface area contributed by atoms with Crippen LogP contribution in [0.3, 0.4) is 0 Å². The molecule has 1 fully saturated rings. The second kappa shape index (κ2) is 6.46. The Balaban J connectivity index is 1.94. The number of hydrogen-bond acceptors (Lipinski definition) is 3. The number of likely N-dealkylation sites (tertiary alicyclic amines) is 1. The molecule has 4 heteroatoms. The van der Waals surface area contributed by atoms with Crippen molar-refractivity contribution < 1.29 is 9.13 Å². The summed E-state index contributed by atoms with van der Waals surface area (Å²) in [6.45, 7) is 4.90. The van der Waals surface area contributed by atoms with Gasteiger partial charge in [0.25, 0.3) is 0 Å². The Kier molecular flexibility index (Phi) is 4.91. The van der Waals surface area contributed by atoms with Gasteiger partial charge in [0, 0.05) is 26.2 Å². The summed E-state index contributed by atoms with van der Waals surface area (Å²) in [5, 5.41) is 0. The fourth-order valence-electron chi connectivity index (χ4n) is 2.69. The van der Waals surface area contributed by atoms with Crippen molar-refractivity contribution in [1.82, 2.24) is 4.90 Å². The molecule has 0 radical (unpaired) electrons. The molecule has 0 aliphatic carbocycles. The number of halogens is 1. The zero-order chi connectivity index (χ0) is 13.8. The van der Waals surface area contributed by atoms with Crippen molar-refractivity contribution >= 4 is 0 Å². The molecule has 0 spiro atoms. The van der Waals surface area contributed by atoms with Crippen LogP contribution in [0.2, 0.25) is 0 Å². The van der Waals surface area contributed by atoms with E-state index in [2.05, 4.69) is 11.8 Å². The summed E-state index contributed by atoms with van der Waals surface area (Å²) in [6.07, 6.45) is 1.39. The first-order valence-corrected chi connectivity index (χ1v) is 6.86. The number of piperidine rings is 1. The number of methoxy groups -OCH3 is 1. The maximum Gasteiger partial charge on any atom is 0.123 e. The van der Waals surface area contributed by atoms with Crippen LogP contribution < -0.4 is 5.73 Å². The molecule has 2 N–H and O–H groups in total. The van der Waals surface area contributed by atoms with Crippen LogP contribution in [0, 0.1) is 11.7 Å². The van der Waals surface area contributed by atoms with Crippen LogP contribution >= 0.6 is 0 Å². The minimum absolute atomic E-state index is 0.151. The Bertz CT molecular complexity index is 413. The highest BCUT2D eigenvalue weighted by atomic mass is 19.1. The molecular formula is C15H23FN2O. The quantitative estimate of drug-likeness (QED) is 0.908. The molecule has 0 saturated carbocycles. The van der Waals surface area contributed by atoms with Crippen LogP contribution in [0.1, 0.15) is 24.9 Å². The molecule has 0 amide bonds. The van der Waals surface area contributed by atoms with Crippen LogP contribution in [0.5, 0.6) is 0 Å². The maximum absolute atomic E-state index is 13.2. The van der Waals surface area contributed by atoms with E-state index >= 15 is 0 Å². The summed E-state index contributed by atoms with van der Waals surface area (Å²) >= 11 is 0. The zero-order valence-corrected chi connectivity index (χ0v) is 11.7. The number of benzene rings is 1. The lowest BCUT2D eigenvalue weighted by Gasteiger charge is -2.37. The second-order valence-corrected chi connectivity index (χ2v) is 5.46. The van der Waals surface area contributed by atoms with Crippen molar-refractivity contribution in [2.45, 2.75) is 25.5 Å². The van der Waals surface area contributed by atoms with Crippen molar-refractivity contribution in [3.05, 3.63) is 35.6 Å². The molecule has 106 valence electrons. The van der Waals surface area contributed by atoms with Crippen molar-refractivity contribution in [2.75, 3.05) is 26.7 Å². The van der Waals surface area contributed by atoms with Crippen LogP contribution in [-0.4, -0.2) is 37.7 Å². The van der Waals surface area contributed by atoms with E-state index in [1.54, 1.807) is 13.2 Å². The number of rotatable bonds is 4. The maximum atomic E-state index is 13.2. The van der Waals surface area contributed by atoms with Crippen molar-refractivity contribution in [3.8, 4) is 0 Å². The highest BCUT2D eigenvalue weighted by Crippen LogP contribution is 2.21. The summed E-state index contributed by atoms with van der Waals surface area (Å²) in [6, 6.07) is 6.40. The molecule has 0 bridgehead atoms. The third-order valence-corrected chi connectivity index (χ3v) is 4.01. The Morgan fingerprint density at radius 1 is 1.53 bits per heavy atom. The highest BCUT2D eigenvalue weighted by Gasteiger charge is 2.26. The van der Waals surface area contributed by atoms with Gasteiger partial charge >= 0.3 is 0 Å². The molecule has 3 nitrogen and oxygen atoms in total. The third kappa shape index (κ3) is 3.75. The van der Waals surface area contributed by atoms with E-state index in [9.17, 15) is 4.39 Å². The van der Waals surface area contributed by atoms with E-state index < -0.39 is 0 Å². The first-order chi connectivity index (χ1) is 9.10. The van der Waals surface area contributed by atoms with Crippen LogP contribution in [0.25, 0.3) is 0 Å². The van der Waals surface area contributed by atoms with Crippen molar-refractivity contribution in [2.24, 2.45) is 11.7 Å². The predicted octanol–water partition coefficient (Wildman–Crippen LogP) is 2.18. The first-order valence-electron chi connectivity index (χ1n) is 6.86. The molecule has 1 aromatic carbocycles. The largest absolute Gasteiger partial charge is 0.380 e. The topological polar surface area (TPSA) is 38.5 Å². The Labute approximate surface area is 114 Å². The number of ether oxygens (including phenoxy) is 1. The van der Waals surface area contributed by atoms with Crippen molar-refractivity contribution in [1.29, 1.82) is 0 Å². The van der Waals surface area contributed by atoms with Gasteiger partial charge in [0.15, 0.2) is 0 Å². The Hall–Kier alpha value is -0.970. The molecular weight excluding hydrogens is 243 g/mol. The number of hydrogen-bond donors (Lipinski definition) is 1. The lowest BCUT2D eigenvalue weighted by molar-refractivity contribution is -0.00644. The van der Waals surface area contributed by atoms with Gasteiger partial charge < -0.3 is 10.5 Å². The predicted molar refractivity (Wildman–Crippen MR) is 74.3 cm³/mol. The number of nitrogens with two attached hydrogens (primary N) is 1. The van der Waals surface area contributed by atoms with Crippen LogP contribution in [0.15, 0.2) is 24.3 Å². The van der Waals surface area contributed by atoms with E-state index in [1.165, 1.54) is 12.1 Å². The standard InChI is InChI=1S/C15H23FN2O/c1-11-6-7-18(10-15(11)19-2)9-14(17)12-4-3-5-13(16)8-12/h3-5,8,11,14-15H,6-7,9-10,17H2,1-2H3. The van der Waals surface area contributed by atoms with Gasteiger partial charge in [-0.15, -0.1) is 0 Å². The molecule has 19 heavy (non-hydrogen) atoms.